The summed E-state index contributed by atoms with van der Waals surface area (Å²) in [6.45, 7) is 5.56. The molecule has 1 aromatic carbocycles. The Balaban J connectivity index is 2.00. The molecule has 0 aromatic heterocycles. The molecule has 1 saturated carbocycles. The first-order valence-electron chi connectivity index (χ1n) is 6.46. The summed E-state index contributed by atoms with van der Waals surface area (Å²) in [6.07, 6.45) is 3.28. The van der Waals surface area contributed by atoms with E-state index < -0.39 is 0 Å². The molecular weight excluding hydrogens is 212 g/mol. The molecule has 3 rings (SSSR count). The fourth-order valence-corrected chi connectivity index (χ4v) is 3.22. The second-order valence-corrected chi connectivity index (χ2v) is 6.08. The maximum atomic E-state index is 9.72. The first kappa shape index (κ1) is 11.1. The standard InChI is InChI=1S/C15H20O2/c1-14(2)9-15(14,10-16)12-5-6-13-11(8-12)4-3-7-17-13/h5-6,8,16H,3-4,7,9-10H2,1-2H3. The van der Waals surface area contributed by atoms with Crippen molar-refractivity contribution in [3.63, 3.8) is 0 Å². The van der Waals surface area contributed by atoms with Gasteiger partial charge in [0.2, 0.25) is 0 Å². The van der Waals surface area contributed by atoms with Crippen molar-refractivity contribution in [2.24, 2.45) is 5.41 Å². The normalized spacial score (nSPS) is 29.4. The van der Waals surface area contributed by atoms with Crippen molar-refractivity contribution in [2.45, 2.75) is 38.5 Å². The zero-order valence-corrected chi connectivity index (χ0v) is 10.6. The third kappa shape index (κ3) is 1.50. The van der Waals surface area contributed by atoms with Gasteiger partial charge in [0.05, 0.1) is 13.2 Å². The van der Waals surface area contributed by atoms with E-state index in [4.69, 9.17) is 4.74 Å². The fraction of sp³-hybridized carbons (Fsp3) is 0.600. The third-order valence-corrected chi connectivity index (χ3v) is 4.65. The smallest absolute Gasteiger partial charge is 0.122 e. The van der Waals surface area contributed by atoms with Crippen molar-refractivity contribution in [2.75, 3.05) is 13.2 Å². The lowest BCUT2D eigenvalue weighted by Crippen LogP contribution is -2.20. The van der Waals surface area contributed by atoms with Gasteiger partial charge in [-0.1, -0.05) is 26.0 Å². The van der Waals surface area contributed by atoms with Crippen LogP contribution in [-0.4, -0.2) is 18.3 Å². The molecule has 1 heterocycles. The largest absolute Gasteiger partial charge is 0.493 e. The minimum absolute atomic E-state index is 0.0144. The second-order valence-electron chi connectivity index (χ2n) is 6.08. The number of ether oxygens (including phenoxy) is 1. The Morgan fingerprint density at radius 1 is 1.35 bits per heavy atom. The maximum Gasteiger partial charge on any atom is 0.122 e. The van der Waals surface area contributed by atoms with Crippen LogP contribution in [0.25, 0.3) is 0 Å². The topological polar surface area (TPSA) is 29.5 Å². The Morgan fingerprint density at radius 2 is 2.12 bits per heavy atom. The van der Waals surface area contributed by atoms with E-state index in [0.29, 0.717) is 0 Å². The SMILES string of the molecule is CC1(C)CC1(CO)c1ccc2c(c1)CCCO2. The van der Waals surface area contributed by atoms with Crippen molar-refractivity contribution in [1.29, 1.82) is 0 Å². The van der Waals surface area contributed by atoms with Crippen LogP contribution in [0, 0.1) is 5.41 Å². The number of hydrogen-bond acceptors (Lipinski definition) is 2. The van der Waals surface area contributed by atoms with Gasteiger partial charge in [-0.05, 0) is 41.9 Å². The number of rotatable bonds is 2. The number of aliphatic hydroxyl groups excluding tert-OH is 1. The molecule has 2 aliphatic rings. The Hall–Kier alpha value is -1.02. The van der Waals surface area contributed by atoms with E-state index >= 15 is 0 Å². The predicted octanol–water partition coefficient (Wildman–Crippen LogP) is 2.67. The molecule has 1 N–H and O–H groups in total. The van der Waals surface area contributed by atoms with Crippen molar-refractivity contribution >= 4 is 0 Å². The van der Waals surface area contributed by atoms with Crippen molar-refractivity contribution in [3.05, 3.63) is 29.3 Å². The Kier molecular flexibility index (Phi) is 2.27. The monoisotopic (exact) mass is 232 g/mol. The van der Waals surface area contributed by atoms with Crippen LogP contribution in [-0.2, 0) is 11.8 Å². The molecule has 1 aliphatic carbocycles. The molecule has 0 spiro atoms. The van der Waals surface area contributed by atoms with E-state index in [0.717, 1.165) is 31.6 Å². The Morgan fingerprint density at radius 3 is 2.76 bits per heavy atom. The summed E-state index contributed by atoms with van der Waals surface area (Å²) in [6, 6.07) is 6.46. The number of aryl methyl sites for hydroxylation is 1. The van der Waals surface area contributed by atoms with Gasteiger partial charge in [0, 0.05) is 5.41 Å². The van der Waals surface area contributed by atoms with Crippen LogP contribution in [0.5, 0.6) is 5.75 Å². The van der Waals surface area contributed by atoms with Crippen LogP contribution >= 0.6 is 0 Å². The van der Waals surface area contributed by atoms with Crippen molar-refractivity contribution in [1.82, 2.24) is 0 Å². The van der Waals surface area contributed by atoms with Gasteiger partial charge in [0.1, 0.15) is 5.75 Å². The Bertz CT molecular complexity index is 450. The molecule has 0 saturated heterocycles. The number of hydrogen-bond donors (Lipinski definition) is 1. The molecule has 0 bridgehead atoms. The number of fused-ring (bicyclic) bond motifs is 1. The van der Waals surface area contributed by atoms with E-state index in [2.05, 4.69) is 32.0 Å². The maximum absolute atomic E-state index is 9.72. The summed E-state index contributed by atoms with van der Waals surface area (Å²) in [5.74, 6) is 1.03. The summed E-state index contributed by atoms with van der Waals surface area (Å²) in [5.41, 5.74) is 2.81. The van der Waals surface area contributed by atoms with Crippen molar-refractivity contribution in [3.8, 4) is 5.75 Å². The highest BCUT2D eigenvalue weighted by molar-refractivity contribution is 5.45. The van der Waals surface area contributed by atoms with Crippen LogP contribution in [0.1, 0.15) is 37.8 Å². The zero-order chi connectivity index (χ0) is 12.1. The van der Waals surface area contributed by atoms with E-state index in [9.17, 15) is 5.11 Å². The average Bonchev–Trinajstić information content (AvgIpc) is 2.92. The summed E-state index contributed by atoms with van der Waals surface area (Å²) >= 11 is 0. The highest BCUT2D eigenvalue weighted by Gasteiger charge is 2.61. The van der Waals surface area contributed by atoms with Gasteiger partial charge in [-0.25, -0.2) is 0 Å². The van der Waals surface area contributed by atoms with E-state index in [1.165, 1.54) is 11.1 Å². The molecule has 1 aromatic rings. The molecule has 92 valence electrons. The van der Waals surface area contributed by atoms with Crippen LogP contribution in [0.2, 0.25) is 0 Å². The zero-order valence-electron chi connectivity index (χ0n) is 10.6. The molecule has 2 heteroatoms. The summed E-state index contributed by atoms with van der Waals surface area (Å²) in [5, 5.41) is 9.72. The van der Waals surface area contributed by atoms with Crippen molar-refractivity contribution < 1.29 is 9.84 Å². The first-order chi connectivity index (χ1) is 8.09. The minimum Gasteiger partial charge on any atom is -0.493 e. The van der Waals surface area contributed by atoms with Gasteiger partial charge in [0.25, 0.3) is 0 Å². The Labute approximate surface area is 103 Å². The van der Waals surface area contributed by atoms with Gasteiger partial charge in [-0.15, -0.1) is 0 Å². The van der Waals surface area contributed by atoms with Gasteiger partial charge < -0.3 is 9.84 Å². The summed E-state index contributed by atoms with van der Waals surface area (Å²) < 4.78 is 5.63. The minimum atomic E-state index is -0.0144. The molecular formula is C15H20O2. The highest BCUT2D eigenvalue weighted by Crippen LogP contribution is 2.64. The predicted molar refractivity (Wildman–Crippen MR) is 67.4 cm³/mol. The second kappa shape index (κ2) is 3.49. The van der Waals surface area contributed by atoms with E-state index in [-0.39, 0.29) is 17.4 Å². The number of aliphatic hydroxyl groups is 1. The summed E-state index contributed by atoms with van der Waals surface area (Å²) in [4.78, 5) is 0. The first-order valence-corrected chi connectivity index (χ1v) is 6.46. The van der Waals surface area contributed by atoms with E-state index in [1.807, 2.05) is 0 Å². The molecule has 1 atom stereocenters. The van der Waals surface area contributed by atoms with Crippen LogP contribution in [0.3, 0.4) is 0 Å². The molecule has 1 aliphatic heterocycles. The molecule has 1 fully saturated rings. The van der Waals surface area contributed by atoms with Gasteiger partial charge in [-0.3, -0.25) is 0 Å². The quantitative estimate of drug-likeness (QED) is 0.849. The molecule has 0 amide bonds. The van der Waals surface area contributed by atoms with Gasteiger partial charge >= 0.3 is 0 Å². The lowest BCUT2D eigenvalue weighted by atomic mass is 9.87. The third-order valence-electron chi connectivity index (χ3n) is 4.65. The fourth-order valence-electron chi connectivity index (χ4n) is 3.22. The van der Waals surface area contributed by atoms with Crippen LogP contribution < -0.4 is 4.74 Å². The van der Waals surface area contributed by atoms with Crippen LogP contribution in [0.15, 0.2) is 18.2 Å². The average molecular weight is 232 g/mol. The summed E-state index contributed by atoms with van der Waals surface area (Å²) in [7, 11) is 0. The van der Waals surface area contributed by atoms with Gasteiger partial charge in [-0.2, -0.15) is 0 Å². The molecule has 2 nitrogen and oxygen atoms in total. The molecule has 17 heavy (non-hydrogen) atoms. The molecule has 0 radical (unpaired) electrons. The lowest BCUT2D eigenvalue weighted by Gasteiger charge is -2.22. The lowest BCUT2D eigenvalue weighted by molar-refractivity contribution is 0.231. The van der Waals surface area contributed by atoms with E-state index in [1.54, 1.807) is 0 Å². The molecule has 1 unspecified atom stereocenters. The highest BCUT2D eigenvalue weighted by atomic mass is 16.5. The number of benzene rings is 1. The van der Waals surface area contributed by atoms with Gasteiger partial charge in [0.15, 0.2) is 0 Å². The van der Waals surface area contributed by atoms with Crippen LogP contribution in [0.4, 0.5) is 0 Å².